The molecule has 2 amide bonds. The van der Waals surface area contributed by atoms with Crippen LogP contribution in [0.5, 0.6) is 0 Å². The van der Waals surface area contributed by atoms with Crippen molar-refractivity contribution in [3.63, 3.8) is 0 Å². The Balaban J connectivity index is 3.07. The van der Waals surface area contributed by atoms with Gasteiger partial charge in [-0.3, -0.25) is 14.8 Å². The molecule has 0 aliphatic rings. The summed E-state index contributed by atoms with van der Waals surface area (Å²) >= 11 is 0. The number of hydroxylamine groups is 1. The summed E-state index contributed by atoms with van der Waals surface area (Å²) in [6.45, 7) is 11.1. The number of rotatable bonds is 7. The van der Waals surface area contributed by atoms with E-state index in [0.29, 0.717) is 11.7 Å². The van der Waals surface area contributed by atoms with Gasteiger partial charge in [0.1, 0.15) is 6.10 Å². The molecule has 25 heavy (non-hydrogen) atoms. The molecule has 1 rings (SSSR count). The summed E-state index contributed by atoms with van der Waals surface area (Å²) in [6.07, 6.45) is -1.40. The third-order valence-corrected chi connectivity index (χ3v) is 3.78. The molecular formula is C16H28N4O5. The molecule has 0 unspecified atom stereocenters. The topological polar surface area (TPSA) is 138 Å². The number of nitrogens with zero attached hydrogens (tertiary/aromatic N) is 2. The van der Waals surface area contributed by atoms with Crippen LogP contribution in [0.15, 0.2) is 4.52 Å². The van der Waals surface area contributed by atoms with E-state index >= 15 is 0 Å². The molecule has 0 radical (unpaired) electrons. The highest BCUT2D eigenvalue weighted by atomic mass is 16.5. The number of hydrogen-bond acceptors (Lipinski definition) is 7. The average Bonchev–Trinajstić information content (AvgIpc) is 2.93. The standard InChI is InChI=1S/C16H28N4O5/c1-8(2)7-10(11(21)15(23)19-24)14(22)18-12(16(4,5)6)13-17-9(3)25-20-13/h8,10-12,21,24H,7H2,1-6H3,(H,18,22)(H,19,23)/t10-,11+,12+/m1/s1. The highest BCUT2D eigenvalue weighted by molar-refractivity contribution is 5.88. The molecule has 9 nitrogen and oxygen atoms in total. The molecule has 0 spiro atoms. The third kappa shape index (κ3) is 5.79. The van der Waals surface area contributed by atoms with Crippen molar-refractivity contribution in [2.24, 2.45) is 17.3 Å². The van der Waals surface area contributed by atoms with Gasteiger partial charge >= 0.3 is 0 Å². The molecule has 1 heterocycles. The molecule has 0 saturated heterocycles. The Morgan fingerprint density at radius 2 is 1.84 bits per heavy atom. The third-order valence-electron chi connectivity index (χ3n) is 3.78. The van der Waals surface area contributed by atoms with Crippen LogP contribution in [0.2, 0.25) is 0 Å². The highest BCUT2D eigenvalue weighted by Crippen LogP contribution is 2.32. The number of aromatic nitrogens is 2. The zero-order valence-corrected chi connectivity index (χ0v) is 15.5. The fraction of sp³-hybridized carbons (Fsp3) is 0.750. The molecular weight excluding hydrogens is 328 g/mol. The molecule has 0 aromatic carbocycles. The van der Waals surface area contributed by atoms with E-state index in [9.17, 15) is 14.7 Å². The van der Waals surface area contributed by atoms with Crippen molar-refractivity contribution in [1.29, 1.82) is 0 Å². The minimum absolute atomic E-state index is 0.0531. The number of aliphatic hydroxyl groups is 1. The van der Waals surface area contributed by atoms with Crippen LogP contribution in [0, 0.1) is 24.2 Å². The van der Waals surface area contributed by atoms with Crippen LogP contribution >= 0.6 is 0 Å². The van der Waals surface area contributed by atoms with Gasteiger partial charge in [-0.05, 0) is 17.8 Å². The summed E-state index contributed by atoms with van der Waals surface area (Å²) in [5, 5.41) is 25.5. The minimum Gasteiger partial charge on any atom is -0.382 e. The molecule has 0 fully saturated rings. The first kappa shape index (κ1) is 21.0. The van der Waals surface area contributed by atoms with Crippen LogP contribution in [0.1, 0.15) is 58.8 Å². The molecule has 1 aromatic heterocycles. The van der Waals surface area contributed by atoms with Crippen LogP contribution in [0.3, 0.4) is 0 Å². The van der Waals surface area contributed by atoms with Crippen molar-refractivity contribution in [3.8, 4) is 0 Å². The van der Waals surface area contributed by atoms with Crippen LogP contribution in [0.25, 0.3) is 0 Å². The Labute approximate surface area is 147 Å². The molecule has 1 aromatic rings. The smallest absolute Gasteiger partial charge is 0.272 e. The normalized spacial score (nSPS) is 15.6. The second-order valence-electron chi connectivity index (χ2n) is 7.64. The second kappa shape index (κ2) is 8.39. The van der Waals surface area contributed by atoms with E-state index in [-0.39, 0.29) is 12.3 Å². The van der Waals surface area contributed by atoms with Gasteiger partial charge in [0.25, 0.3) is 5.91 Å². The first-order valence-corrected chi connectivity index (χ1v) is 8.20. The van der Waals surface area contributed by atoms with Crippen LogP contribution in [-0.2, 0) is 9.59 Å². The van der Waals surface area contributed by atoms with Gasteiger partial charge in [-0.2, -0.15) is 4.98 Å². The Morgan fingerprint density at radius 3 is 2.24 bits per heavy atom. The maximum absolute atomic E-state index is 12.8. The monoisotopic (exact) mass is 356 g/mol. The summed E-state index contributed by atoms with van der Waals surface area (Å²) in [4.78, 5) is 28.5. The fourth-order valence-corrected chi connectivity index (χ4v) is 2.49. The predicted octanol–water partition coefficient (Wildman–Crippen LogP) is 1.11. The lowest BCUT2D eigenvalue weighted by Gasteiger charge is -2.31. The van der Waals surface area contributed by atoms with Crippen LogP contribution in [0.4, 0.5) is 0 Å². The number of carbonyl (C=O) groups is 2. The van der Waals surface area contributed by atoms with Crippen LogP contribution < -0.4 is 10.8 Å². The van der Waals surface area contributed by atoms with E-state index in [1.807, 2.05) is 34.6 Å². The number of hydrogen-bond donors (Lipinski definition) is 4. The van der Waals surface area contributed by atoms with Gasteiger partial charge in [0.15, 0.2) is 5.82 Å². The minimum atomic E-state index is -1.67. The van der Waals surface area contributed by atoms with E-state index in [2.05, 4.69) is 15.5 Å². The Hall–Kier alpha value is -2.00. The molecule has 3 atom stereocenters. The molecule has 0 aliphatic carbocycles. The van der Waals surface area contributed by atoms with Crippen molar-refractivity contribution < 1.29 is 24.4 Å². The first-order valence-electron chi connectivity index (χ1n) is 8.20. The van der Waals surface area contributed by atoms with E-state index in [1.54, 1.807) is 6.92 Å². The van der Waals surface area contributed by atoms with Crippen molar-refractivity contribution in [2.45, 2.75) is 60.1 Å². The zero-order chi connectivity index (χ0) is 19.4. The zero-order valence-electron chi connectivity index (χ0n) is 15.5. The predicted molar refractivity (Wildman–Crippen MR) is 88.3 cm³/mol. The van der Waals surface area contributed by atoms with E-state index < -0.39 is 35.3 Å². The summed E-state index contributed by atoms with van der Waals surface area (Å²) in [5.74, 6) is -1.82. The maximum Gasteiger partial charge on any atom is 0.272 e. The molecule has 9 heteroatoms. The van der Waals surface area contributed by atoms with Crippen molar-refractivity contribution in [2.75, 3.05) is 0 Å². The van der Waals surface area contributed by atoms with Crippen molar-refractivity contribution in [3.05, 3.63) is 11.7 Å². The van der Waals surface area contributed by atoms with Gasteiger partial charge in [-0.25, -0.2) is 5.48 Å². The Bertz CT molecular complexity index is 594. The fourth-order valence-electron chi connectivity index (χ4n) is 2.49. The van der Waals surface area contributed by atoms with Gasteiger partial charge in [0.2, 0.25) is 11.8 Å². The number of carbonyl (C=O) groups excluding carboxylic acids is 2. The SMILES string of the molecule is Cc1nc([C@H](NC(=O)[C@H](CC(C)C)[C@H](O)C(=O)NO)C(C)(C)C)no1. The quantitative estimate of drug-likeness (QED) is 0.424. The van der Waals surface area contributed by atoms with E-state index in [0.717, 1.165) is 0 Å². The van der Waals surface area contributed by atoms with E-state index in [1.165, 1.54) is 5.48 Å². The lowest BCUT2D eigenvalue weighted by Crippen LogP contribution is -2.48. The van der Waals surface area contributed by atoms with Gasteiger partial charge in [-0.1, -0.05) is 39.8 Å². The van der Waals surface area contributed by atoms with Gasteiger partial charge < -0.3 is 14.9 Å². The average molecular weight is 356 g/mol. The summed E-state index contributed by atoms with van der Waals surface area (Å²) < 4.78 is 4.99. The lowest BCUT2D eigenvalue weighted by molar-refractivity contribution is -0.147. The summed E-state index contributed by atoms with van der Waals surface area (Å²) in [6, 6.07) is -0.573. The number of amides is 2. The molecule has 4 N–H and O–H groups in total. The Kier molecular flexibility index (Phi) is 7.06. The molecule has 142 valence electrons. The van der Waals surface area contributed by atoms with Crippen molar-refractivity contribution in [1.82, 2.24) is 20.9 Å². The van der Waals surface area contributed by atoms with Crippen LogP contribution in [-0.4, -0.2) is 38.4 Å². The summed E-state index contributed by atoms with van der Waals surface area (Å²) in [7, 11) is 0. The van der Waals surface area contributed by atoms with E-state index in [4.69, 9.17) is 9.73 Å². The Morgan fingerprint density at radius 1 is 1.24 bits per heavy atom. The largest absolute Gasteiger partial charge is 0.382 e. The van der Waals surface area contributed by atoms with Crippen molar-refractivity contribution >= 4 is 11.8 Å². The summed E-state index contributed by atoms with van der Waals surface area (Å²) in [5.41, 5.74) is 0.951. The van der Waals surface area contributed by atoms with Gasteiger partial charge in [-0.15, -0.1) is 0 Å². The number of nitrogens with one attached hydrogen (secondary N) is 2. The van der Waals surface area contributed by atoms with Gasteiger partial charge in [0, 0.05) is 6.92 Å². The maximum atomic E-state index is 12.8. The lowest BCUT2D eigenvalue weighted by atomic mass is 9.84. The number of aryl methyl sites for hydroxylation is 1. The molecule has 0 bridgehead atoms. The van der Waals surface area contributed by atoms with Gasteiger partial charge in [0.05, 0.1) is 12.0 Å². The highest BCUT2D eigenvalue weighted by Gasteiger charge is 2.37. The molecule has 0 saturated carbocycles. The number of aliphatic hydroxyl groups excluding tert-OH is 1. The molecule has 0 aliphatic heterocycles. The first-order chi connectivity index (χ1) is 11.5. The second-order valence-corrected chi connectivity index (χ2v) is 7.64.